The maximum Gasteiger partial charge on any atom is 0.255 e. The molecule has 1 amide bonds. The highest BCUT2D eigenvalue weighted by Crippen LogP contribution is 2.33. The van der Waals surface area contributed by atoms with Crippen LogP contribution < -0.4 is 10.1 Å². The van der Waals surface area contributed by atoms with Crippen molar-refractivity contribution in [2.45, 2.75) is 25.4 Å². The molecule has 1 atom stereocenters. The van der Waals surface area contributed by atoms with Crippen LogP contribution in [0.5, 0.6) is 5.75 Å². The Bertz CT molecular complexity index is 460. The van der Waals surface area contributed by atoms with E-state index in [1.54, 1.807) is 18.2 Å². The molecule has 1 fully saturated rings. The van der Waals surface area contributed by atoms with Gasteiger partial charge in [-0.15, -0.1) is 0 Å². The lowest BCUT2D eigenvalue weighted by molar-refractivity contribution is 0.0934. The van der Waals surface area contributed by atoms with Gasteiger partial charge in [0, 0.05) is 11.6 Å². The highest BCUT2D eigenvalue weighted by molar-refractivity contribution is 6.31. The Hall–Kier alpha value is -1.26. The molecule has 0 radical (unpaired) electrons. The number of methoxy groups -OCH3 is 1. The Kier molecular flexibility index (Phi) is 4.66. The summed E-state index contributed by atoms with van der Waals surface area (Å²) in [5.41, 5.74) is 0.413. The van der Waals surface area contributed by atoms with Crippen molar-refractivity contribution in [3.8, 4) is 5.75 Å². The monoisotopic (exact) mass is 283 g/mol. The maximum atomic E-state index is 12.0. The predicted octanol–water partition coefficient (Wildman–Crippen LogP) is 2.24. The quantitative estimate of drug-likeness (QED) is 0.842. The summed E-state index contributed by atoms with van der Waals surface area (Å²) in [5.74, 6) is 0.685. The number of nitrogens with one attached hydrogen (secondary N) is 1. The molecule has 0 bridgehead atoms. The van der Waals surface area contributed by atoms with E-state index < -0.39 is 0 Å². The number of halogens is 1. The smallest absolute Gasteiger partial charge is 0.255 e. The molecule has 0 saturated heterocycles. The number of ether oxygens (including phenoxy) is 1. The summed E-state index contributed by atoms with van der Waals surface area (Å²) < 4.78 is 5.13. The van der Waals surface area contributed by atoms with E-state index in [0.29, 0.717) is 35.2 Å². The Labute approximate surface area is 117 Å². The van der Waals surface area contributed by atoms with E-state index in [2.05, 4.69) is 5.32 Å². The summed E-state index contributed by atoms with van der Waals surface area (Å²) in [6.45, 7) is 0.451. The van der Waals surface area contributed by atoms with Gasteiger partial charge in [-0.2, -0.15) is 0 Å². The van der Waals surface area contributed by atoms with Crippen molar-refractivity contribution in [1.29, 1.82) is 0 Å². The van der Waals surface area contributed by atoms with Gasteiger partial charge >= 0.3 is 0 Å². The second-order valence-corrected chi connectivity index (χ2v) is 5.23. The van der Waals surface area contributed by atoms with Gasteiger partial charge < -0.3 is 15.2 Å². The fourth-order valence-electron chi connectivity index (χ4n) is 2.00. The third-order valence-corrected chi connectivity index (χ3v) is 3.53. The number of aliphatic hydroxyl groups excluding tert-OH is 1. The Balaban J connectivity index is 1.89. The van der Waals surface area contributed by atoms with Gasteiger partial charge in [0.15, 0.2) is 0 Å². The average molecular weight is 284 g/mol. The highest BCUT2D eigenvalue weighted by Gasteiger charge is 2.29. The fraction of sp³-hybridized carbons (Fsp3) is 0.500. The molecule has 1 aromatic rings. The molecule has 1 saturated carbocycles. The minimum absolute atomic E-state index is 0.234. The zero-order chi connectivity index (χ0) is 13.8. The van der Waals surface area contributed by atoms with Crippen LogP contribution in [0.2, 0.25) is 5.02 Å². The summed E-state index contributed by atoms with van der Waals surface area (Å²) in [6.07, 6.45) is 2.47. The molecule has 0 heterocycles. The lowest BCUT2D eigenvalue weighted by Crippen LogP contribution is -2.28. The van der Waals surface area contributed by atoms with E-state index in [1.165, 1.54) is 7.11 Å². The maximum absolute atomic E-state index is 12.0. The van der Waals surface area contributed by atoms with Gasteiger partial charge in [0.25, 0.3) is 5.91 Å². The van der Waals surface area contributed by atoms with Gasteiger partial charge in [-0.1, -0.05) is 11.6 Å². The number of aliphatic hydroxyl groups is 1. The van der Waals surface area contributed by atoms with Crippen LogP contribution in [0, 0.1) is 5.92 Å². The molecule has 0 spiro atoms. The van der Waals surface area contributed by atoms with Crippen molar-refractivity contribution < 1.29 is 14.6 Å². The normalized spacial score (nSPS) is 15.9. The molecular weight excluding hydrogens is 266 g/mol. The van der Waals surface area contributed by atoms with Crippen LogP contribution in [0.25, 0.3) is 0 Å². The highest BCUT2D eigenvalue weighted by atomic mass is 35.5. The summed E-state index contributed by atoms with van der Waals surface area (Å²) in [7, 11) is 1.51. The molecule has 2 N–H and O–H groups in total. The van der Waals surface area contributed by atoms with Crippen LogP contribution in [-0.2, 0) is 0 Å². The average Bonchev–Trinajstić information content (AvgIpc) is 3.22. The van der Waals surface area contributed by atoms with Crippen LogP contribution in [0.3, 0.4) is 0 Å². The van der Waals surface area contributed by atoms with E-state index in [9.17, 15) is 9.90 Å². The van der Waals surface area contributed by atoms with Gasteiger partial charge in [-0.3, -0.25) is 4.79 Å². The zero-order valence-corrected chi connectivity index (χ0v) is 11.6. The molecule has 4 nitrogen and oxygen atoms in total. The van der Waals surface area contributed by atoms with E-state index in [-0.39, 0.29) is 12.0 Å². The summed E-state index contributed by atoms with van der Waals surface area (Å²) in [5, 5.41) is 13.0. The van der Waals surface area contributed by atoms with E-state index in [1.807, 2.05) is 0 Å². The third-order valence-electron chi connectivity index (χ3n) is 3.30. The number of benzene rings is 1. The zero-order valence-electron chi connectivity index (χ0n) is 10.9. The number of hydrogen-bond acceptors (Lipinski definition) is 3. The van der Waals surface area contributed by atoms with Crippen molar-refractivity contribution in [3.63, 3.8) is 0 Å². The number of rotatable bonds is 6. The van der Waals surface area contributed by atoms with Crippen molar-refractivity contribution in [1.82, 2.24) is 5.32 Å². The Morgan fingerprint density at radius 2 is 2.32 bits per heavy atom. The minimum Gasteiger partial charge on any atom is -0.496 e. The van der Waals surface area contributed by atoms with Crippen LogP contribution in [-0.4, -0.2) is 30.8 Å². The first-order valence-corrected chi connectivity index (χ1v) is 6.79. The van der Waals surface area contributed by atoms with Crippen molar-refractivity contribution in [2.75, 3.05) is 13.7 Å². The summed E-state index contributed by atoms with van der Waals surface area (Å²) >= 11 is 5.88. The minimum atomic E-state index is -0.304. The Morgan fingerprint density at radius 1 is 1.58 bits per heavy atom. The van der Waals surface area contributed by atoms with Gasteiger partial charge in [-0.05, 0) is 43.4 Å². The third kappa shape index (κ3) is 3.85. The van der Waals surface area contributed by atoms with Crippen LogP contribution in [0.1, 0.15) is 29.6 Å². The SMILES string of the molecule is COc1ccc(Cl)cc1C(=O)NCC[C@@H](O)C1CC1. The van der Waals surface area contributed by atoms with Crippen molar-refractivity contribution in [3.05, 3.63) is 28.8 Å². The lowest BCUT2D eigenvalue weighted by atomic mass is 10.1. The molecular formula is C14H18ClNO3. The molecule has 2 rings (SSSR count). The molecule has 5 heteroatoms. The second-order valence-electron chi connectivity index (χ2n) is 4.79. The van der Waals surface area contributed by atoms with Crippen molar-refractivity contribution in [2.24, 2.45) is 5.92 Å². The van der Waals surface area contributed by atoms with Crippen LogP contribution in [0.15, 0.2) is 18.2 Å². The number of carbonyl (C=O) groups excluding carboxylic acids is 1. The first kappa shape index (κ1) is 14.2. The first-order chi connectivity index (χ1) is 9.11. The van der Waals surface area contributed by atoms with Gasteiger partial charge in [0.1, 0.15) is 5.75 Å². The predicted molar refractivity (Wildman–Crippen MR) is 73.7 cm³/mol. The van der Waals surface area contributed by atoms with Crippen LogP contribution in [0.4, 0.5) is 0 Å². The lowest BCUT2D eigenvalue weighted by Gasteiger charge is -2.12. The topological polar surface area (TPSA) is 58.6 Å². The van der Waals surface area contributed by atoms with Gasteiger partial charge in [0.2, 0.25) is 0 Å². The number of amides is 1. The standard InChI is InChI=1S/C14H18ClNO3/c1-19-13-5-4-10(15)8-11(13)14(18)16-7-6-12(17)9-2-3-9/h4-5,8-9,12,17H,2-3,6-7H2,1H3,(H,16,18)/t12-/m1/s1. The molecule has 0 aromatic heterocycles. The van der Waals surface area contributed by atoms with E-state index >= 15 is 0 Å². The largest absolute Gasteiger partial charge is 0.496 e. The van der Waals surface area contributed by atoms with Crippen LogP contribution >= 0.6 is 11.6 Å². The molecule has 1 aliphatic rings. The molecule has 0 unspecified atom stereocenters. The number of hydrogen-bond donors (Lipinski definition) is 2. The second kappa shape index (κ2) is 6.26. The Morgan fingerprint density at radius 3 is 2.95 bits per heavy atom. The van der Waals surface area contributed by atoms with Gasteiger partial charge in [0.05, 0.1) is 18.8 Å². The molecule has 104 valence electrons. The summed E-state index contributed by atoms with van der Waals surface area (Å²) in [6, 6.07) is 4.91. The summed E-state index contributed by atoms with van der Waals surface area (Å²) in [4.78, 5) is 12.0. The van der Waals surface area contributed by atoms with E-state index in [0.717, 1.165) is 12.8 Å². The number of carbonyl (C=O) groups is 1. The molecule has 19 heavy (non-hydrogen) atoms. The van der Waals surface area contributed by atoms with Crippen molar-refractivity contribution >= 4 is 17.5 Å². The first-order valence-electron chi connectivity index (χ1n) is 6.41. The molecule has 0 aliphatic heterocycles. The van der Waals surface area contributed by atoms with Gasteiger partial charge in [-0.25, -0.2) is 0 Å². The van der Waals surface area contributed by atoms with E-state index in [4.69, 9.17) is 16.3 Å². The fourth-order valence-corrected chi connectivity index (χ4v) is 2.18. The molecule has 1 aliphatic carbocycles. The molecule has 1 aromatic carbocycles.